The molecule has 0 amide bonds. The molecule has 4 rings (SSSR count). The van der Waals surface area contributed by atoms with E-state index in [1.165, 1.54) is 12.1 Å². The minimum atomic E-state index is -0.657. The van der Waals surface area contributed by atoms with Crippen LogP contribution in [0.25, 0.3) is 0 Å². The van der Waals surface area contributed by atoms with E-state index < -0.39 is 18.2 Å². The molecule has 0 spiro atoms. The molecule has 0 bridgehead atoms. The van der Waals surface area contributed by atoms with E-state index in [1.807, 2.05) is 30.3 Å². The Balaban J connectivity index is 1.65. The second-order valence-electron chi connectivity index (χ2n) is 6.77. The lowest BCUT2D eigenvalue weighted by atomic mass is 9.93. The number of fused-ring (bicyclic) bond motifs is 1. The molecule has 0 aromatic heterocycles. The van der Waals surface area contributed by atoms with Gasteiger partial charge in [-0.1, -0.05) is 30.3 Å². The zero-order valence-corrected chi connectivity index (χ0v) is 15.7. The highest BCUT2D eigenvalue weighted by Crippen LogP contribution is 2.42. The van der Waals surface area contributed by atoms with Crippen LogP contribution in [0.5, 0.6) is 23.0 Å². The fraction of sp³-hybridized carbons (Fsp3) is 0.174. The van der Waals surface area contributed by atoms with Gasteiger partial charge in [0, 0.05) is 24.1 Å². The van der Waals surface area contributed by atoms with Gasteiger partial charge in [0.25, 0.3) is 0 Å². The molecule has 2 N–H and O–H groups in total. The number of esters is 1. The minimum absolute atomic E-state index is 0.0956. The van der Waals surface area contributed by atoms with E-state index in [2.05, 4.69) is 0 Å². The summed E-state index contributed by atoms with van der Waals surface area (Å²) in [5.41, 5.74) is 1.70. The van der Waals surface area contributed by atoms with Crippen molar-refractivity contribution in [3.05, 3.63) is 83.4 Å². The maximum Gasteiger partial charge on any atom is 0.338 e. The maximum absolute atomic E-state index is 12.7. The van der Waals surface area contributed by atoms with E-state index in [-0.39, 0.29) is 17.9 Å². The van der Waals surface area contributed by atoms with Gasteiger partial charge in [-0.25, -0.2) is 4.79 Å². The van der Waals surface area contributed by atoms with E-state index in [0.717, 1.165) is 5.56 Å². The predicted octanol–water partition coefficient (Wildman–Crippen LogP) is 4.01. The van der Waals surface area contributed by atoms with Crippen LogP contribution in [0.15, 0.2) is 66.7 Å². The molecule has 0 saturated heterocycles. The molecule has 3 aromatic carbocycles. The van der Waals surface area contributed by atoms with Gasteiger partial charge in [-0.15, -0.1) is 0 Å². The lowest BCUT2D eigenvalue weighted by molar-refractivity contribution is -0.0188. The monoisotopic (exact) mass is 392 g/mol. The molecular weight excluding hydrogens is 372 g/mol. The molecule has 3 aromatic rings. The average Bonchev–Trinajstić information content (AvgIpc) is 2.74. The third-order valence-corrected chi connectivity index (χ3v) is 4.88. The van der Waals surface area contributed by atoms with Gasteiger partial charge in [-0.3, -0.25) is 0 Å². The van der Waals surface area contributed by atoms with E-state index in [1.54, 1.807) is 31.4 Å². The smallest absolute Gasteiger partial charge is 0.338 e. The summed E-state index contributed by atoms with van der Waals surface area (Å²) in [4.78, 5) is 12.7. The number of phenolic OH excluding ortho intramolecular Hbond substituents is 2. The highest BCUT2D eigenvalue weighted by Gasteiger charge is 2.36. The first-order chi connectivity index (χ1) is 14.0. The minimum Gasteiger partial charge on any atom is -0.508 e. The fourth-order valence-corrected chi connectivity index (χ4v) is 3.41. The van der Waals surface area contributed by atoms with E-state index in [0.29, 0.717) is 22.6 Å². The van der Waals surface area contributed by atoms with Crippen molar-refractivity contribution in [3.8, 4) is 23.0 Å². The summed E-state index contributed by atoms with van der Waals surface area (Å²) in [7, 11) is 1.55. The zero-order chi connectivity index (χ0) is 20.4. The third kappa shape index (κ3) is 3.82. The van der Waals surface area contributed by atoms with Gasteiger partial charge in [0.1, 0.15) is 29.1 Å². The van der Waals surface area contributed by atoms with Crippen LogP contribution >= 0.6 is 0 Å². The summed E-state index contributed by atoms with van der Waals surface area (Å²) >= 11 is 0. The van der Waals surface area contributed by atoms with Crippen molar-refractivity contribution in [1.29, 1.82) is 0 Å². The van der Waals surface area contributed by atoms with Crippen molar-refractivity contribution >= 4 is 5.97 Å². The van der Waals surface area contributed by atoms with Gasteiger partial charge in [0.05, 0.1) is 12.7 Å². The summed E-state index contributed by atoms with van der Waals surface area (Å²) in [5.74, 6) is 0.319. The molecule has 148 valence electrons. The quantitative estimate of drug-likeness (QED) is 0.653. The molecule has 6 nitrogen and oxygen atoms in total. The van der Waals surface area contributed by atoms with E-state index in [4.69, 9.17) is 14.2 Å². The maximum atomic E-state index is 12.7. The van der Waals surface area contributed by atoms with Crippen molar-refractivity contribution < 1.29 is 29.2 Å². The SMILES string of the molecule is COc1ccc(C(=O)O[C@@H]2Cc3c(O)cc(O)cc3O[C@@H]2c2ccccc2)cc1. The number of hydrogen-bond donors (Lipinski definition) is 2. The molecule has 0 saturated carbocycles. The number of hydrogen-bond acceptors (Lipinski definition) is 6. The molecule has 1 heterocycles. The summed E-state index contributed by atoms with van der Waals surface area (Å²) < 4.78 is 16.9. The Morgan fingerprint density at radius 3 is 2.45 bits per heavy atom. The number of carbonyl (C=O) groups is 1. The Kier molecular flexibility index (Phi) is 4.99. The Morgan fingerprint density at radius 1 is 1.03 bits per heavy atom. The highest BCUT2D eigenvalue weighted by atomic mass is 16.6. The zero-order valence-electron chi connectivity index (χ0n) is 15.7. The van der Waals surface area contributed by atoms with Crippen LogP contribution in [0, 0.1) is 0 Å². The molecule has 1 aliphatic rings. The van der Waals surface area contributed by atoms with Crippen LogP contribution in [0.2, 0.25) is 0 Å². The molecule has 0 radical (unpaired) electrons. The molecule has 2 atom stereocenters. The van der Waals surface area contributed by atoms with Crippen molar-refractivity contribution in [2.45, 2.75) is 18.6 Å². The first-order valence-electron chi connectivity index (χ1n) is 9.16. The van der Waals surface area contributed by atoms with E-state index in [9.17, 15) is 15.0 Å². The average molecular weight is 392 g/mol. The van der Waals surface area contributed by atoms with Gasteiger partial charge in [0.15, 0.2) is 6.10 Å². The number of carbonyl (C=O) groups excluding carboxylic acids is 1. The second-order valence-corrected chi connectivity index (χ2v) is 6.77. The van der Waals surface area contributed by atoms with Crippen molar-refractivity contribution in [1.82, 2.24) is 0 Å². The number of rotatable bonds is 4. The molecule has 0 unspecified atom stereocenters. The standard InChI is InChI=1S/C23H20O6/c1-27-17-9-7-15(8-10-17)23(26)29-21-13-18-19(25)11-16(24)12-20(18)28-22(21)14-5-3-2-4-6-14/h2-12,21-22,24-25H,13H2,1H3/t21-,22-/m1/s1. The summed E-state index contributed by atoms with van der Waals surface area (Å²) in [5, 5.41) is 20.0. The van der Waals surface area contributed by atoms with Crippen LogP contribution in [0.4, 0.5) is 0 Å². The summed E-state index contributed by atoms with van der Waals surface area (Å²) in [6, 6.07) is 18.7. The second kappa shape index (κ2) is 7.75. The molecule has 1 aliphatic heterocycles. The predicted molar refractivity (Wildman–Crippen MR) is 105 cm³/mol. The van der Waals surface area contributed by atoms with Gasteiger partial charge >= 0.3 is 5.97 Å². The van der Waals surface area contributed by atoms with Crippen LogP contribution in [0.1, 0.15) is 27.6 Å². The molecule has 29 heavy (non-hydrogen) atoms. The lowest BCUT2D eigenvalue weighted by Gasteiger charge is -2.34. The number of methoxy groups -OCH3 is 1. The van der Waals surface area contributed by atoms with Gasteiger partial charge in [0.2, 0.25) is 0 Å². The Bertz CT molecular complexity index is 1010. The van der Waals surface area contributed by atoms with Crippen LogP contribution in [-0.4, -0.2) is 29.4 Å². The normalized spacial score (nSPS) is 17.7. The number of phenols is 2. The Morgan fingerprint density at radius 2 is 1.76 bits per heavy atom. The summed E-state index contributed by atoms with van der Waals surface area (Å²) in [6.45, 7) is 0. The topological polar surface area (TPSA) is 85.2 Å². The number of benzene rings is 3. The van der Waals surface area contributed by atoms with Crippen LogP contribution < -0.4 is 9.47 Å². The van der Waals surface area contributed by atoms with Crippen molar-refractivity contribution in [2.24, 2.45) is 0 Å². The molecule has 0 fully saturated rings. The van der Waals surface area contributed by atoms with Crippen molar-refractivity contribution in [3.63, 3.8) is 0 Å². The van der Waals surface area contributed by atoms with Crippen LogP contribution in [-0.2, 0) is 11.2 Å². The summed E-state index contributed by atoms with van der Waals surface area (Å²) in [6.07, 6.45) is -0.981. The largest absolute Gasteiger partial charge is 0.508 e. The lowest BCUT2D eigenvalue weighted by Crippen LogP contribution is -2.34. The first kappa shape index (κ1) is 18.7. The molecular formula is C23H20O6. The molecule has 6 heteroatoms. The third-order valence-electron chi connectivity index (χ3n) is 4.88. The van der Waals surface area contributed by atoms with Gasteiger partial charge < -0.3 is 24.4 Å². The Labute approximate surface area is 167 Å². The van der Waals surface area contributed by atoms with Crippen LogP contribution in [0.3, 0.4) is 0 Å². The van der Waals surface area contributed by atoms with Crippen molar-refractivity contribution in [2.75, 3.05) is 7.11 Å². The Hall–Kier alpha value is -3.67. The van der Waals surface area contributed by atoms with E-state index >= 15 is 0 Å². The van der Waals surface area contributed by atoms with Gasteiger partial charge in [-0.05, 0) is 29.8 Å². The first-order valence-corrected chi connectivity index (χ1v) is 9.16. The molecule has 0 aliphatic carbocycles. The fourth-order valence-electron chi connectivity index (χ4n) is 3.41. The number of aromatic hydroxyl groups is 2. The highest BCUT2D eigenvalue weighted by molar-refractivity contribution is 5.89. The number of ether oxygens (including phenoxy) is 3. The van der Waals surface area contributed by atoms with Gasteiger partial charge in [-0.2, -0.15) is 0 Å².